The molecule has 0 spiro atoms. The minimum absolute atomic E-state index is 0.515. The molecule has 3 aromatic heterocycles. The van der Waals surface area contributed by atoms with Crippen molar-refractivity contribution in [3.05, 3.63) is 97.0 Å². The number of nitrogens with one attached hydrogen (secondary N) is 1. The fraction of sp³-hybridized carbons (Fsp3) is 0.0435. The van der Waals surface area contributed by atoms with Crippen LogP contribution in [0.1, 0.15) is 11.5 Å². The van der Waals surface area contributed by atoms with Crippen molar-refractivity contribution in [1.29, 1.82) is 0 Å². The van der Waals surface area contributed by atoms with Crippen LogP contribution in [0.4, 0.5) is 5.69 Å². The van der Waals surface area contributed by atoms with E-state index in [0.29, 0.717) is 5.82 Å². The third kappa shape index (κ3) is 3.10. The second kappa shape index (κ2) is 7.16. The second-order valence-electron chi connectivity index (χ2n) is 6.70. The fourth-order valence-electron chi connectivity index (χ4n) is 3.52. The van der Waals surface area contributed by atoms with E-state index in [1.807, 2.05) is 71.8 Å². The third-order valence-electron chi connectivity index (χ3n) is 4.91. The summed E-state index contributed by atoms with van der Waals surface area (Å²) in [7, 11) is 0. The lowest BCUT2D eigenvalue weighted by Gasteiger charge is -2.32. The largest absolute Gasteiger partial charge is 0.337 e. The number of nitrogens with zero attached hydrogens (tertiary/aromatic N) is 4. The SMILES string of the molecule is O=CC1C(c2nc3ccncc3[nH]2)=CC(c2ccccn2)=CN1c1ccccc1. The first-order valence-electron chi connectivity index (χ1n) is 9.27. The van der Waals surface area contributed by atoms with Gasteiger partial charge in [0.15, 0.2) is 0 Å². The lowest BCUT2D eigenvalue weighted by atomic mass is 9.96. The Morgan fingerprint density at radius 1 is 1.00 bits per heavy atom. The molecule has 0 saturated heterocycles. The average Bonchev–Trinajstić information content (AvgIpc) is 3.23. The van der Waals surface area contributed by atoms with Gasteiger partial charge in [-0.05, 0) is 36.4 Å². The number of H-pyrrole nitrogens is 1. The number of allylic oxidation sites excluding steroid dienone is 2. The van der Waals surface area contributed by atoms with Crippen LogP contribution < -0.4 is 4.90 Å². The molecule has 4 aromatic rings. The Hall–Kier alpha value is -4.06. The van der Waals surface area contributed by atoms with E-state index in [4.69, 9.17) is 4.98 Å². The summed E-state index contributed by atoms with van der Waals surface area (Å²) >= 11 is 0. The zero-order valence-electron chi connectivity index (χ0n) is 15.4. The van der Waals surface area contributed by atoms with Gasteiger partial charge in [-0.3, -0.25) is 9.97 Å². The number of para-hydroxylation sites is 1. The van der Waals surface area contributed by atoms with Crippen molar-refractivity contribution in [3.8, 4) is 0 Å². The molecule has 29 heavy (non-hydrogen) atoms. The van der Waals surface area contributed by atoms with Crippen molar-refractivity contribution in [1.82, 2.24) is 19.9 Å². The van der Waals surface area contributed by atoms with Gasteiger partial charge in [-0.1, -0.05) is 24.3 Å². The third-order valence-corrected chi connectivity index (χ3v) is 4.91. The van der Waals surface area contributed by atoms with Gasteiger partial charge in [-0.15, -0.1) is 0 Å². The minimum atomic E-state index is -0.515. The molecule has 0 fully saturated rings. The summed E-state index contributed by atoms with van der Waals surface area (Å²) < 4.78 is 0. The van der Waals surface area contributed by atoms with E-state index in [9.17, 15) is 4.79 Å². The lowest BCUT2D eigenvalue weighted by molar-refractivity contribution is -0.107. The van der Waals surface area contributed by atoms with Gasteiger partial charge in [0.05, 0.1) is 22.9 Å². The normalized spacial score (nSPS) is 16.4. The highest BCUT2D eigenvalue weighted by molar-refractivity contribution is 5.98. The number of hydrogen-bond acceptors (Lipinski definition) is 5. The van der Waals surface area contributed by atoms with Gasteiger partial charge in [0.2, 0.25) is 0 Å². The maximum atomic E-state index is 12.2. The molecule has 1 aliphatic rings. The number of fused-ring (bicyclic) bond motifs is 1. The van der Waals surface area contributed by atoms with Gasteiger partial charge >= 0.3 is 0 Å². The van der Waals surface area contributed by atoms with E-state index in [2.05, 4.69) is 15.0 Å². The van der Waals surface area contributed by atoms with E-state index in [1.54, 1.807) is 18.6 Å². The fourth-order valence-corrected chi connectivity index (χ4v) is 3.52. The van der Waals surface area contributed by atoms with E-state index in [-0.39, 0.29) is 0 Å². The predicted molar refractivity (Wildman–Crippen MR) is 113 cm³/mol. The number of aromatic amines is 1. The van der Waals surface area contributed by atoms with Gasteiger partial charge in [0, 0.05) is 35.4 Å². The zero-order chi connectivity index (χ0) is 19.6. The quantitative estimate of drug-likeness (QED) is 0.545. The molecule has 4 heterocycles. The number of imidazole rings is 1. The summed E-state index contributed by atoms with van der Waals surface area (Å²) in [4.78, 5) is 30.8. The summed E-state index contributed by atoms with van der Waals surface area (Å²) in [6.45, 7) is 0. The summed E-state index contributed by atoms with van der Waals surface area (Å²) in [6.07, 6.45) is 10.1. The second-order valence-corrected chi connectivity index (χ2v) is 6.70. The highest BCUT2D eigenvalue weighted by Gasteiger charge is 2.29. The molecular formula is C23H17N5O. The Morgan fingerprint density at radius 2 is 1.86 bits per heavy atom. The molecular weight excluding hydrogens is 362 g/mol. The Bertz CT molecular complexity index is 1190. The van der Waals surface area contributed by atoms with Gasteiger partial charge in [-0.2, -0.15) is 0 Å². The molecule has 0 aliphatic carbocycles. The molecule has 0 radical (unpaired) electrons. The molecule has 0 amide bonds. The van der Waals surface area contributed by atoms with E-state index >= 15 is 0 Å². The number of hydrogen-bond donors (Lipinski definition) is 1. The molecule has 0 saturated carbocycles. The van der Waals surface area contributed by atoms with Gasteiger partial charge in [0.25, 0.3) is 0 Å². The Morgan fingerprint density at radius 3 is 2.62 bits per heavy atom. The van der Waals surface area contributed by atoms with Gasteiger partial charge < -0.3 is 14.7 Å². The van der Waals surface area contributed by atoms with Crippen molar-refractivity contribution in [3.63, 3.8) is 0 Å². The van der Waals surface area contributed by atoms with Gasteiger partial charge in [0.1, 0.15) is 18.2 Å². The number of aldehydes is 1. The van der Waals surface area contributed by atoms with Crippen LogP contribution in [0.2, 0.25) is 0 Å². The summed E-state index contributed by atoms with van der Waals surface area (Å²) in [5.41, 5.74) is 5.06. The van der Waals surface area contributed by atoms with Crippen LogP contribution >= 0.6 is 0 Å². The van der Waals surface area contributed by atoms with Crippen LogP contribution in [0.5, 0.6) is 0 Å². The molecule has 1 atom stereocenters. The molecule has 140 valence electrons. The lowest BCUT2D eigenvalue weighted by Crippen LogP contribution is -2.36. The molecule has 1 aromatic carbocycles. The molecule has 5 rings (SSSR count). The highest BCUT2D eigenvalue weighted by atomic mass is 16.1. The standard InChI is InChI=1S/C23H17N5O/c29-15-22-18(23-26-20-9-11-24-13-21(20)27-23)12-16(19-8-4-5-10-25-19)14-28(22)17-6-2-1-3-7-17/h1-15,22H,(H,26,27). The monoisotopic (exact) mass is 379 g/mol. The minimum Gasteiger partial charge on any atom is -0.337 e. The molecule has 6 heteroatoms. The highest BCUT2D eigenvalue weighted by Crippen LogP contribution is 2.34. The molecule has 1 N–H and O–H groups in total. The molecule has 6 nitrogen and oxygen atoms in total. The number of carbonyl (C=O) groups excluding carboxylic acids is 1. The molecule has 1 unspecified atom stereocenters. The Labute approximate surface area is 167 Å². The number of pyridine rings is 2. The van der Waals surface area contributed by atoms with Crippen molar-refractivity contribution < 1.29 is 4.79 Å². The Balaban J connectivity index is 1.69. The smallest absolute Gasteiger partial charge is 0.147 e. The van der Waals surface area contributed by atoms with Crippen LogP contribution in [0.25, 0.3) is 22.2 Å². The van der Waals surface area contributed by atoms with Crippen LogP contribution in [-0.2, 0) is 4.79 Å². The van der Waals surface area contributed by atoms with E-state index in [1.165, 1.54) is 0 Å². The number of carbonyl (C=O) groups is 1. The van der Waals surface area contributed by atoms with Crippen molar-refractivity contribution in [2.24, 2.45) is 0 Å². The predicted octanol–water partition coefficient (Wildman–Crippen LogP) is 3.87. The summed E-state index contributed by atoms with van der Waals surface area (Å²) in [5, 5.41) is 0. The zero-order valence-corrected chi connectivity index (χ0v) is 15.4. The van der Waals surface area contributed by atoms with Crippen molar-refractivity contribution in [2.45, 2.75) is 6.04 Å². The number of benzene rings is 1. The first-order chi connectivity index (χ1) is 14.3. The van der Waals surface area contributed by atoms with Crippen LogP contribution in [0.15, 0.2) is 85.5 Å². The van der Waals surface area contributed by atoms with Crippen molar-refractivity contribution >= 4 is 34.2 Å². The number of anilines is 1. The number of rotatable bonds is 4. The average molecular weight is 379 g/mol. The van der Waals surface area contributed by atoms with E-state index in [0.717, 1.165) is 39.8 Å². The molecule has 1 aliphatic heterocycles. The number of aromatic nitrogens is 4. The van der Waals surface area contributed by atoms with Crippen LogP contribution in [-0.4, -0.2) is 32.3 Å². The first kappa shape index (κ1) is 17.1. The summed E-state index contributed by atoms with van der Waals surface area (Å²) in [5.74, 6) is 0.646. The topological polar surface area (TPSA) is 74.8 Å². The molecule has 0 bridgehead atoms. The Kier molecular flexibility index (Phi) is 4.22. The first-order valence-corrected chi connectivity index (χ1v) is 9.27. The van der Waals surface area contributed by atoms with Crippen molar-refractivity contribution in [2.75, 3.05) is 4.90 Å². The maximum absolute atomic E-state index is 12.2. The maximum Gasteiger partial charge on any atom is 0.147 e. The van der Waals surface area contributed by atoms with E-state index < -0.39 is 6.04 Å². The van der Waals surface area contributed by atoms with Crippen LogP contribution in [0, 0.1) is 0 Å². The van der Waals surface area contributed by atoms with Crippen LogP contribution in [0.3, 0.4) is 0 Å². The van der Waals surface area contributed by atoms with Gasteiger partial charge in [-0.25, -0.2) is 4.98 Å². The summed E-state index contributed by atoms with van der Waals surface area (Å²) in [6, 6.07) is 16.9.